The monoisotopic (exact) mass is 388 g/mol. The van der Waals surface area contributed by atoms with Crippen LogP contribution < -0.4 is 15.4 Å². The molecule has 0 saturated heterocycles. The molecule has 0 bridgehead atoms. The number of nitrogens with one attached hydrogen (secondary N) is 2. The molecule has 4 rings (SSSR count). The molecule has 1 saturated carbocycles. The summed E-state index contributed by atoms with van der Waals surface area (Å²) in [4.78, 5) is 25.5. The molecule has 2 amide bonds. The van der Waals surface area contributed by atoms with Crippen LogP contribution in [0.4, 0.5) is 5.69 Å². The third-order valence-electron chi connectivity index (χ3n) is 5.29. The van der Waals surface area contributed by atoms with E-state index in [-0.39, 0.29) is 23.8 Å². The number of ether oxygens (including phenoxy) is 1. The molecule has 148 valence electrons. The number of para-hydroxylation sites is 1. The molecule has 1 aliphatic carbocycles. The Bertz CT molecular complexity index is 1070. The van der Waals surface area contributed by atoms with Crippen molar-refractivity contribution in [1.82, 2.24) is 5.32 Å². The van der Waals surface area contributed by atoms with Crippen LogP contribution in [0, 0.1) is 5.92 Å². The summed E-state index contributed by atoms with van der Waals surface area (Å²) < 4.78 is 5.41. The lowest BCUT2D eigenvalue weighted by molar-refractivity contribution is -0.117. The van der Waals surface area contributed by atoms with E-state index in [4.69, 9.17) is 4.74 Å². The average Bonchev–Trinajstić information content (AvgIpc) is 3.58. The van der Waals surface area contributed by atoms with Gasteiger partial charge < -0.3 is 15.4 Å². The van der Waals surface area contributed by atoms with Gasteiger partial charge in [-0.1, -0.05) is 42.5 Å². The maximum atomic E-state index is 13.2. The van der Waals surface area contributed by atoms with Crippen molar-refractivity contribution in [3.05, 3.63) is 71.8 Å². The lowest BCUT2D eigenvalue weighted by Crippen LogP contribution is -2.28. The minimum Gasteiger partial charge on any atom is -0.496 e. The summed E-state index contributed by atoms with van der Waals surface area (Å²) in [5.41, 5.74) is 1.90. The van der Waals surface area contributed by atoms with Crippen molar-refractivity contribution in [3.8, 4) is 5.75 Å². The van der Waals surface area contributed by atoms with Crippen LogP contribution in [0.25, 0.3) is 10.8 Å². The second-order valence-corrected chi connectivity index (χ2v) is 7.45. The first-order valence-electron chi connectivity index (χ1n) is 9.84. The summed E-state index contributed by atoms with van der Waals surface area (Å²) in [7, 11) is 1.61. The summed E-state index contributed by atoms with van der Waals surface area (Å²) in [6, 6.07) is 18.9. The smallest absolute Gasteiger partial charge is 0.253 e. The second kappa shape index (κ2) is 7.95. The van der Waals surface area contributed by atoms with Gasteiger partial charge in [-0.05, 0) is 48.7 Å². The summed E-state index contributed by atoms with van der Waals surface area (Å²) in [5.74, 6) is 0.526. The van der Waals surface area contributed by atoms with E-state index < -0.39 is 0 Å². The highest BCUT2D eigenvalue weighted by Gasteiger charge is 2.30. The number of hydrogen-bond acceptors (Lipinski definition) is 3. The van der Waals surface area contributed by atoms with Crippen molar-refractivity contribution < 1.29 is 14.3 Å². The van der Waals surface area contributed by atoms with Crippen molar-refractivity contribution in [2.24, 2.45) is 5.92 Å². The molecule has 0 radical (unpaired) electrons. The molecular formula is C24H24N2O3. The number of carbonyl (C=O) groups is 2. The van der Waals surface area contributed by atoms with Gasteiger partial charge >= 0.3 is 0 Å². The molecule has 0 unspecified atom stereocenters. The van der Waals surface area contributed by atoms with Gasteiger partial charge in [0.25, 0.3) is 5.91 Å². The molecule has 5 nitrogen and oxygen atoms in total. The quantitative estimate of drug-likeness (QED) is 0.644. The molecule has 1 fully saturated rings. The van der Waals surface area contributed by atoms with E-state index in [1.165, 1.54) is 0 Å². The third kappa shape index (κ3) is 4.09. The number of fused-ring (bicyclic) bond motifs is 1. The standard InChI is InChI=1S/C24H24N2O3/c1-15(19-9-5-6-10-22(19)29-2)25-24(28)20-13-17-7-3-4-8-18(17)14-21(20)26-23(27)16-11-12-16/h3-10,13-16H,11-12H2,1-2H3,(H,25,28)(H,26,27)/t15-/m1/s1. The van der Waals surface area contributed by atoms with E-state index in [0.717, 1.165) is 34.9 Å². The van der Waals surface area contributed by atoms with Crippen molar-refractivity contribution >= 4 is 28.3 Å². The predicted molar refractivity (Wildman–Crippen MR) is 114 cm³/mol. The van der Waals surface area contributed by atoms with Gasteiger partial charge in [-0.25, -0.2) is 0 Å². The van der Waals surface area contributed by atoms with Gasteiger partial charge in [0.2, 0.25) is 5.91 Å². The van der Waals surface area contributed by atoms with Gasteiger partial charge in [0.1, 0.15) is 5.75 Å². The van der Waals surface area contributed by atoms with E-state index in [1.807, 2.05) is 67.6 Å². The Hall–Kier alpha value is -3.34. The largest absolute Gasteiger partial charge is 0.496 e. The van der Waals surface area contributed by atoms with Crippen LogP contribution in [0.2, 0.25) is 0 Å². The normalized spacial score (nSPS) is 14.3. The van der Waals surface area contributed by atoms with Gasteiger partial charge in [-0.15, -0.1) is 0 Å². The van der Waals surface area contributed by atoms with Crippen LogP contribution >= 0.6 is 0 Å². The Balaban J connectivity index is 1.65. The molecule has 0 aromatic heterocycles. The van der Waals surface area contributed by atoms with Crippen molar-refractivity contribution in [2.75, 3.05) is 12.4 Å². The van der Waals surface area contributed by atoms with Crippen LogP contribution in [-0.4, -0.2) is 18.9 Å². The summed E-state index contributed by atoms with van der Waals surface area (Å²) in [6.07, 6.45) is 1.82. The lowest BCUT2D eigenvalue weighted by atomic mass is 10.0. The molecule has 3 aromatic rings. The van der Waals surface area contributed by atoms with Gasteiger partial charge in [-0.3, -0.25) is 9.59 Å². The molecule has 1 atom stereocenters. The van der Waals surface area contributed by atoms with Crippen LogP contribution in [0.1, 0.15) is 41.7 Å². The Labute approximate surface area is 170 Å². The molecule has 29 heavy (non-hydrogen) atoms. The lowest BCUT2D eigenvalue weighted by Gasteiger charge is -2.19. The van der Waals surface area contributed by atoms with Crippen molar-refractivity contribution in [3.63, 3.8) is 0 Å². The van der Waals surface area contributed by atoms with E-state index in [0.29, 0.717) is 11.3 Å². The highest BCUT2D eigenvalue weighted by atomic mass is 16.5. The Morgan fingerprint density at radius 1 is 1.00 bits per heavy atom. The summed E-state index contributed by atoms with van der Waals surface area (Å²) in [5, 5.41) is 7.93. The Morgan fingerprint density at radius 2 is 1.66 bits per heavy atom. The predicted octanol–water partition coefficient (Wildman–Crippen LogP) is 4.69. The highest BCUT2D eigenvalue weighted by Crippen LogP contribution is 2.32. The first kappa shape index (κ1) is 19.0. The minimum atomic E-state index is -0.253. The fraction of sp³-hybridized carbons (Fsp3) is 0.250. The number of benzene rings is 3. The maximum Gasteiger partial charge on any atom is 0.253 e. The Morgan fingerprint density at radius 3 is 2.34 bits per heavy atom. The van der Waals surface area contributed by atoms with E-state index in [9.17, 15) is 9.59 Å². The van der Waals surface area contributed by atoms with Gasteiger partial charge in [0.15, 0.2) is 0 Å². The molecule has 3 aromatic carbocycles. The van der Waals surface area contributed by atoms with Crippen LogP contribution in [0.5, 0.6) is 5.75 Å². The topological polar surface area (TPSA) is 67.4 Å². The number of rotatable bonds is 6. The average molecular weight is 388 g/mol. The molecule has 0 spiro atoms. The summed E-state index contributed by atoms with van der Waals surface area (Å²) >= 11 is 0. The van der Waals surface area contributed by atoms with Gasteiger partial charge in [-0.2, -0.15) is 0 Å². The Kier molecular flexibility index (Phi) is 5.21. The molecule has 1 aliphatic rings. The highest BCUT2D eigenvalue weighted by molar-refractivity contribution is 6.08. The zero-order valence-corrected chi connectivity index (χ0v) is 16.6. The van der Waals surface area contributed by atoms with Crippen LogP contribution in [0.15, 0.2) is 60.7 Å². The molecule has 5 heteroatoms. The SMILES string of the molecule is COc1ccccc1[C@@H](C)NC(=O)c1cc2ccccc2cc1NC(=O)C1CC1. The number of hydrogen-bond donors (Lipinski definition) is 2. The first-order chi connectivity index (χ1) is 14.1. The fourth-order valence-electron chi connectivity index (χ4n) is 3.49. The van der Waals surface area contributed by atoms with E-state index in [1.54, 1.807) is 7.11 Å². The van der Waals surface area contributed by atoms with E-state index in [2.05, 4.69) is 10.6 Å². The summed E-state index contributed by atoms with van der Waals surface area (Å²) in [6.45, 7) is 1.92. The molecule has 2 N–H and O–H groups in total. The van der Waals surface area contributed by atoms with Gasteiger partial charge in [0, 0.05) is 11.5 Å². The maximum absolute atomic E-state index is 13.2. The van der Waals surface area contributed by atoms with Gasteiger partial charge in [0.05, 0.1) is 24.4 Å². The number of methoxy groups -OCH3 is 1. The van der Waals surface area contributed by atoms with Crippen molar-refractivity contribution in [1.29, 1.82) is 0 Å². The number of amides is 2. The zero-order chi connectivity index (χ0) is 20.4. The molecule has 0 heterocycles. The number of anilines is 1. The molecular weight excluding hydrogens is 364 g/mol. The van der Waals surface area contributed by atoms with Crippen molar-refractivity contribution in [2.45, 2.75) is 25.8 Å². The first-order valence-corrected chi connectivity index (χ1v) is 9.84. The van der Waals surface area contributed by atoms with Crippen LogP contribution in [-0.2, 0) is 4.79 Å². The van der Waals surface area contributed by atoms with Crippen LogP contribution in [0.3, 0.4) is 0 Å². The third-order valence-corrected chi connectivity index (χ3v) is 5.29. The second-order valence-electron chi connectivity index (χ2n) is 7.45. The van der Waals surface area contributed by atoms with E-state index >= 15 is 0 Å². The molecule has 0 aliphatic heterocycles. The number of carbonyl (C=O) groups excluding carboxylic acids is 2. The zero-order valence-electron chi connectivity index (χ0n) is 16.6. The fourth-order valence-corrected chi connectivity index (χ4v) is 3.49. The minimum absolute atomic E-state index is 0.0212.